The predicted molar refractivity (Wildman–Crippen MR) is 86.2 cm³/mol. The van der Waals surface area contributed by atoms with E-state index in [9.17, 15) is 4.79 Å². The Morgan fingerprint density at radius 3 is 2.81 bits per heavy atom. The summed E-state index contributed by atoms with van der Waals surface area (Å²) in [5, 5.41) is 8.65. The van der Waals surface area contributed by atoms with Gasteiger partial charge >= 0.3 is 0 Å². The van der Waals surface area contributed by atoms with Gasteiger partial charge in [-0.2, -0.15) is 5.26 Å². The van der Waals surface area contributed by atoms with Crippen LogP contribution in [0.3, 0.4) is 0 Å². The van der Waals surface area contributed by atoms with E-state index >= 15 is 0 Å². The van der Waals surface area contributed by atoms with Crippen molar-refractivity contribution in [2.24, 2.45) is 11.8 Å². The number of carbonyl (C=O) groups excluding carboxylic acids is 1. The Morgan fingerprint density at radius 1 is 1.52 bits per heavy atom. The van der Waals surface area contributed by atoms with Crippen molar-refractivity contribution in [1.82, 2.24) is 4.90 Å². The van der Waals surface area contributed by atoms with E-state index in [4.69, 9.17) is 5.26 Å². The van der Waals surface area contributed by atoms with Crippen molar-refractivity contribution in [1.29, 1.82) is 5.26 Å². The van der Waals surface area contributed by atoms with Crippen molar-refractivity contribution in [2.45, 2.75) is 38.1 Å². The molecule has 1 aliphatic rings. The summed E-state index contributed by atoms with van der Waals surface area (Å²) in [6.07, 6.45) is 1.23. The molecule has 0 saturated heterocycles. The molecule has 21 heavy (non-hydrogen) atoms. The van der Waals surface area contributed by atoms with Crippen LogP contribution in [0.2, 0.25) is 0 Å². The SMILES string of the molecule is CC(C)N(C[C@@H]1C[C@H]1C)C(=O)c1cccc(SCC#N)c1. The molecule has 0 spiro atoms. The van der Waals surface area contributed by atoms with Gasteiger partial charge < -0.3 is 4.90 Å². The standard InChI is InChI=1S/C17H22N2OS/c1-12(2)19(11-15-9-13(15)3)17(20)14-5-4-6-16(10-14)21-8-7-18/h4-6,10,12-13,15H,8-9,11H2,1-3H3/t13-,15+/m1/s1. The summed E-state index contributed by atoms with van der Waals surface area (Å²) in [5.74, 6) is 1.91. The van der Waals surface area contributed by atoms with E-state index < -0.39 is 0 Å². The molecule has 0 aliphatic heterocycles. The van der Waals surface area contributed by atoms with Crippen molar-refractivity contribution in [3.8, 4) is 6.07 Å². The first kappa shape index (κ1) is 15.9. The lowest BCUT2D eigenvalue weighted by Crippen LogP contribution is -2.38. The second kappa shape index (κ2) is 7.00. The third-order valence-corrected chi connectivity index (χ3v) is 4.84. The summed E-state index contributed by atoms with van der Waals surface area (Å²) in [5.41, 5.74) is 0.722. The number of rotatable bonds is 6. The Morgan fingerprint density at radius 2 is 2.24 bits per heavy atom. The lowest BCUT2D eigenvalue weighted by Gasteiger charge is -2.27. The quantitative estimate of drug-likeness (QED) is 0.751. The van der Waals surface area contributed by atoms with Crippen molar-refractivity contribution in [3.63, 3.8) is 0 Å². The fourth-order valence-corrected chi connectivity index (χ4v) is 3.05. The minimum atomic E-state index is 0.100. The minimum Gasteiger partial charge on any atom is -0.336 e. The summed E-state index contributed by atoms with van der Waals surface area (Å²) in [6.45, 7) is 7.23. The highest BCUT2D eigenvalue weighted by molar-refractivity contribution is 7.99. The fraction of sp³-hybridized carbons (Fsp3) is 0.529. The molecule has 4 heteroatoms. The van der Waals surface area contributed by atoms with E-state index in [-0.39, 0.29) is 11.9 Å². The average Bonchev–Trinajstić information content (AvgIpc) is 3.17. The Bertz CT molecular complexity index is 550. The zero-order chi connectivity index (χ0) is 15.4. The van der Waals surface area contributed by atoms with Crippen LogP contribution in [-0.2, 0) is 0 Å². The number of hydrogen-bond acceptors (Lipinski definition) is 3. The first-order valence-electron chi connectivity index (χ1n) is 7.43. The molecule has 2 atom stereocenters. The van der Waals surface area contributed by atoms with Gasteiger partial charge in [0.25, 0.3) is 5.91 Å². The fourth-order valence-electron chi connectivity index (χ4n) is 2.43. The van der Waals surface area contributed by atoms with Gasteiger partial charge in [0.05, 0.1) is 11.8 Å². The van der Waals surface area contributed by atoms with Crippen LogP contribution in [-0.4, -0.2) is 29.1 Å². The Kier molecular flexibility index (Phi) is 5.30. The van der Waals surface area contributed by atoms with Crippen molar-refractivity contribution < 1.29 is 4.79 Å². The van der Waals surface area contributed by atoms with Crippen LogP contribution in [0.4, 0.5) is 0 Å². The molecule has 0 aromatic heterocycles. The third kappa shape index (κ3) is 4.25. The van der Waals surface area contributed by atoms with Crippen molar-refractivity contribution in [2.75, 3.05) is 12.3 Å². The second-order valence-electron chi connectivity index (χ2n) is 6.00. The Hall–Kier alpha value is -1.47. The van der Waals surface area contributed by atoms with Crippen molar-refractivity contribution >= 4 is 17.7 Å². The van der Waals surface area contributed by atoms with Crippen LogP contribution >= 0.6 is 11.8 Å². The molecule has 1 saturated carbocycles. The lowest BCUT2D eigenvalue weighted by atomic mass is 10.1. The van der Waals surface area contributed by atoms with Gasteiger partial charge in [0.2, 0.25) is 0 Å². The minimum absolute atomic E-state index is 0.100. The molecule has 112 valence electrons. The summed E-state index contributed by atoms with van der Waals surface area (Å²) in [4.78, 5) is 15.7. The number of amides is 1. The van der Waals surface area contributed by atoms with E-state index in [1.165, 1.54) is 18.2 Å². The molecule has 0 radical (unpaired) electrons. The molecular weight excluding hydrogens is 280 g/mol. The third-order valence-electron chi connectivity index (χ3n) is 3.98. The smallest absolute Gasteiger partial charge is 0.254 e. The molecule has 0 bridgehead atoms. The molecule has 0 unspecified atom stereocenters. The summed E-state index contributed by atoms with van der Waals surface area (Å²) < 4.78 is 0. The van der Waals surface area contributed by atoms with E-state index in [0.29, 0.717) is 11.7 Å². The van der Waals surface area contributed by atoms with Crippen molar-refractivity contribution in [3.05, 3.63) is 29.8 Å². The summed E-state index contributed by atoms with van der Waals surface area (Å²) >= 11 is 1.47. The van der Waals surface area contributed by atoms with E-state index in [0.717, 1.165) is 22.9 Å². The topological polar surface area (TPSA) is 44.1 Å². The first-order valence-corrected chi connectivity index (χ1v) is 8.42. The van der Waals surface area contributed by atoms with Gasteiger partial charge in [0.15, 0.2) is 0 Å². The number of hydrogen-bond donors (Lipinski definition) is 0. The number of benzene rings is 1. The molecule has 0 N–H and O–H groups in total. The summed E-state index contributed by atoms with van der Waals surface area (Å²) in [7, 11) is 0. The number of nitriles is 1. The van der Waals surface area contributed by atoms with Gasteiger partial charge in [-0.15, -0.1) is 11.8 Å². The largest absolute Gasteiger partial charge is 0.336 e. The van der Waals surface area contributed by atoms with Crippen LogP contribution in [0.15, 0.2) is 29.2 Å². The van der Waals surface area contributed by atoms with Gasteiger partial charge in [0.1, 0.15) is 0 Å². The molecule has 3 nitrogen and oxygen atoms in total. The molecule has 1 aliphatic carbocycles. The maximum atomic E-state index is 12.7. The number of nitrogens with zero attached hydrogens (tertiary/aromatic N) is 2. The first-order chi connectivity index (χ1) is 10.0. The van der Waals surface area contributed by atoms with Gasteiger partial charge in [0, 0.05) is 23.0 Å². The number of thioether (sulfide) groups is 1. The monoisotopic (exact) mass is 302 g/mol. The van der Waals surface area contributed by atoms with Crippen LogP contribution < -0.4 is 0 Å². The van der Waals surface area contributed by atoms with Crippen LogP contribution in [0.25, 0.3) is 0 Å². The Balaban J connectivity index is 2.10. The maximum absolute atomic E-state index is 12.7. The molecule has 1 aromatic carbocycles. The van der Waals surface area contributed by atoms with Crippen LogP contribution in [0.5, 0.6) is 0 Å². The normalized spacial score (nSPS) is 20.1. The van der Waals surface area contributed by atoms with Crippen LogP contribution in [0.1, 0.15) is 37.6 Å². The van der Waals surface area contributed by atoms with E-state index in [1.807, 2.05) is 29.2 Å². The van der Waals surface area contributed by atoms with Crippen LogP contribution in [0, 0.1) is 23.2 Å². The highest BCUT2D eigenvalue weighted by Gasteiger charge is 2.36. The highest BCUT2D eigenvalue weighted by Crippen LogP contribution is 2.38. The average molecular weight is 302 g/mol. The van der Waals surface area contributed by atoms with E-state index in [2.05, 4.69) is 26.8 Å². The van der Waals surface area contributed by atoms with Gasteiger partial charge in [-0.3, -0.25) is 4.79 Å². The molecule has 1 fully saturated rings. The van der Waals surface area contributed by atoms with E-state index in [1.54, 1.807) is 0 Å². The Labute approximate surface area is 131 Å². The second-order valence-corrected chi connectivity index (χ2v) is 7.05. The summed E-state index contributed by atoms with van der Waals surface area (Å²) in [6, 6.07) is 9.93. The molecular formula is C17H22N2OS. The highest BCUT2D eigenvalue weighted by atomic mass is 32.2. The number of carbonyl (C=O) groups is 1. The van der Waals surface area contributed by atoms with Gasteiger partial charge in [-0.25, -0.2) is 0 Å². The predicted octanol–water partition coefficient (Wildman–Crippen LogP) is 3.81. The molecule has 0 heterocycles. The zero-order valence-corrected chi connectivity index (χ0v) is 13.7. The molecule has 1 aromatic rings. The lowest BCUT2D eigenvalue weighted by molar-refractivity contribution is 0.0693. The van der Waals surface area contributed by atoms with Gasteiger partial charge in [-0.05, 0) is 50.3 Å². The van der Waals surface area contributed by atoms with Gasteiger partial charge in [-0.1, -0.05) is 13.0 Å². The molecule has 1 amide bonds. The zero-order valence-electron chi connectivity index (χ0n) is 12.9. The maximum Gasteiger partial charge on any atom is 0.254 e. The molecule has 2 rings (SSSR count).